The van der Waals surface area contributed by atoms with Crippen LogP contribution in [0.25, 0.3) is 0 Å². The predicted octanol–water partition coefficient (Wildman–Crippen LogP) is 9.09. The molecule has 2 aliphatic heterocycles. The van der Waals surface area contributed by atoms with E-state index in [1.165, 1.54) is 40.2 Å². The summed E-state index contributed by atoms with van der Waals surface area (Å²) in [6.07, 6.45) is 1.41. The fraction of sp³-hybridized carbons (Fsp3) is 0.140. The molecule has 6 aromatic carbocycles. The van der Waals surface area contributed by atoms with Gasteiger partial charge in [-0.2, -0.15) is 0 Å². The second-order valence-corrected chi connectivity index (χ2v) is 18.2. The summed E-state index contributed by atoms with van der Waals surface area (Å²) in [7, 11) is 0. The molecule has 1 N–H and O–H groups in total. The Hall–Kier alpha value is -6.34. The number of fused-ring (bicyclic) bond motifs is 1. The number of rotatable bonds is 15. The smallest absolute Gasteiger partial charge is 0.356 e. The first-order valence-corrected chi connectivity index (χ1v) is 23.2. The molecule has 0 unspecified atom stereocenters. The van der Waals surface area contributed by atoms with Gasteiger partial charge in [0.05, 0.1) is 17.7 Å². The molecule has 0 spiro atoms. The fourth-order valence-corrected chi connectivity index (χ4v) is 11.6. The van der Waals surface area contributed by atoms with Crippen LogP contribution >= 0.6 is 35.3 Å². The number of aromatic nitrogens is 3. The summed E-state index contributed by atoms with van der Waals surface area (Å²) in [6, 6.07) is 58.7. The summed E-state index contributed by atoms with van der Waals surface area (Å²) >= 11 is 4.50. The van der Waals surface area contributed by atoms with Crippen molar-refractivity contribution in [2.75, 3.05) is 10.8 Å². The summed E-state index contributed by atoms with van der Waals surface area (Å²) in [5.74, 6) is -0.759. The minimum Gasteiger partial charge on any atom is -0.448 e. The largest absolute Gasteiger partial charge is 0.448 e. The van der Waals surface area contributed by atoms with Crippen molar-refractivity contribution in [2.45, 2.75) is 34.5 Å². The molecular formula is C50H41N5O4S3. The summed E-state index contributed by atoms with van der Waals surface area (Å²) in [4.78, 5) is 44.0. The van der Waals surface area contributed by atoms with Crippen molar-refractivity contribution in [3.8, 4) is 0 Å². The van der Waals surface area contributed by atoms with Crippen LogP contribution in [0.3, 0.4) is 0 Å². The van der Waals surface area contributed by atoms with Crippen molar-refractivity contribution in [3.63, 3.8) is 0 Å². The van der Waals surface area contributed by atoms with E-state index in [-0.39, 0.29) is 23.9 Å². The summed E-state index contributed by atoms with van der Waals surface area (Å²) in [5, 5.41) is 13.1. The molecule has 3 heterocycles. The molecule has 0 saturated carbocycles. The fourth-order valence-electron chi connectivity index (χ4n) is 8.02. The van der Waals surface area contributed by atoms with Gasteiger partial charge in [0.15, 0.2) is 6.10 Å². The number of nitrogens with zero attached hydrogens (tertiary/aromatic N) is 4. The highest BCUT2D eigenvalue weighted by molar-refractivity contribution is 8.18. The van der Waals surface area contributed by atoms with Crippen LogP contribution < -0.4 is 5.32 Å². The van der Waals surface area contributed by atoms with Gasteiger partial charge in [-0.1, -0.05) is 199 Å². The molecule has 308 valence electrons. The molecule has 12 heteroatoms. The van der Waals surface area contributed by atoms with Crippen molar-refractivity contribution in [3.05, 3.63) is 232 Å². The van der Waals surface area contributed by atoms with Crippen molar-refractivity contribution < 1.29 is 19.1 Å². The SMILES string of the molecule is O=C(Cc1ccccc1)N[C@@H]1C(=O)N2C(C(=O)OC(c3ccccc3)c3ccccc3)=C(SCSc3cn(C(c4ccccc4)(c4ccccc4)c4ccccc4)nn3)CS[C@H]12. The number of carbonyl (C=O) groups excluding carboxylic acids is 3. The standard InChI is InChI=1S/C50H41N5O4S3/c56-42(31-35-19-7-1-8-20-35)51-44-47(57)55-45(49(58)59-46(36-21-9-2-10-22-36)37-23-11-3-12-24-37)41(33-60-48(44)55)61-34-62-43-32-54(53-52-43)50(38-25-13-4-14-26-38,39-27-15-5-16-28-39)40-29-17-6-18-30-40/h1-30,32,44,46,48H,31,33-34H2,(H,51,56)/t44-,48-/m1/s1. The van der Waals surface area contributed by atoms with Gasteiger partial charge in [0, 0.05) is 10.7 Å². The third-order valence-corrected chi connectivity index (χ3v) is 14.5. The molecule has 1 saturated heterocycles. The highest BCUT2D eigenvalue weighted by Crippen LogP contribution is 2.46. The Bertz CT molecular complexity index is 2530. The highest BCUT2D eigenvalue weighted by atomic mass is 32.2. The number of esters is 1. The predicted molar refractivity (Wildman–Crippen MR) is 246 cm³/mol. The van der Waals surface area contributed by atoms with Gasteiger partial charge < -0.3 is 10.1 Å². The number of hydrogen-bond donors (Lipinski definition) is 1. The molecule has 1 fully saturated rings. The summed E-state index contributed by atoms with van der Waals surface area (Å²) in [5.41, 5.74) is 4.96. The van der Waals surface area contributed by atoms with Crippen molar-refractivity contribution in [1.82, 2.24) is 25.2 Å². The molecule has 62 heavy (non-hydrogen) atoms. The Morgan fingerprint density at radius 2 is 1.21 bits per heavy atom. The van der Waals surface area contributed by atoms with Crippen molar-refractivity contribution in [2.24, 2.45) is 0 Å². The normalized spacial score (nSPS) is 16.1. The Morgan fingerprint density at radius 3 is 1.74 bits per heavy atom. The summed E-state index contributed by atoms with van der Waals surface area (Å²) < 4.78 is 8.32. The average Bonchev–Trinajstić information content (AvgIpc) is 3.80. The zero-order valence-corrected chi connectivity index (χ0v) is 35.8. The molecule has 9 rings (SSSR count). The van der Waals surface area contributed by atoms with E-state index in [1.54, 1.807) is 0 Å². The lowest BCUT2D eigenvalue weighted by Gasteiger charge is -2.49. The van der Waals surface area contributed by atoms with Gasteiger partial charge in [0.2, 0.25) is 5.91 Å². The third kappa shape index (κ3) is 8.33. The van der Waals surface area contributed by atoms with Gasteiger partial charge in [-0.25, -0.2) is 9.48 Å². The van der Waals surface area contributed by atoms with E-state index < -0.39 is 29.0 Å². The number of benzene rings is 6. The number of ether oxygens (including phenoxy) is 1. The van der Waals surface area contributed by atoms with E-state index >= 15 is 0 Å². The molecular weight excluding hydrogens is 831 g/mol. The van der Waals surface area contributed by atoms with E-state index in [1.807, 2.05) is 156 Å². The number of nitrogens with one attached hydrogen (secondary N) is 1. The Labute approximate surface area is 373 Å². The van der Waals surface area contributed by atoms with Gasteiger partial charge in [0.1, 0.15) is 27.7 Å². The maximum Gasteiger partial charge on any atom is 0.356 e. The lowest BCUT2D eigenvalue weighted by atomic mass is 9.77. The first-order valence-electron chi connectivity index (χ1n) is 20.2. The van der Waals surface area contributed by atoms with Crippen LogP contribution in [-0.4, -0.2) is 59.9 Å². The zero-order chi connectivity index (χ0) is 42.3. The zero-order valence-electron chi connectivity index (χ0n) is 33.4. The van der Waals surface area contributed by atoms with Gasteiger partial charge in [0.25, 0.3) is 5.91 Å². The van der Waals surface area contributed by atoms with Crippen LogP contribution in [0.15, 0.2) is 204 Å². The second kappa shape index (κ2) is 18.7. The van der Waals surface area contributed by atoms with Crippen LogP contribution in [0.4, 0.5) is 0 Å². The number of carbonyl (C=O) groups is 3. The Kier molecular flexibility index (Phi) is 12.4. The molecule has 2 aliphatic rings. The Morgan fingerprint density at radius 1 is 0.710 bits per heavy atom. The quantitative estimate of drug-likeness (QED) is 0.0355. The van der Waals surface area contributed by atoms with Crippen LogP contribution in [0.1, 0.15) is 39.5 Å². The van der Waals surface area contributed by atoms with E-state index in [0.29, 0.717) is 20.8 Å². The van der Waals surface area contributed by atoms with Crippen LogP contribution in [0, 0.1) is 0 Å². The van der Waals surface area contributed by atoms with E-state index in [0.717, 1.165) is 33.4 Å². The van der Waals surface area contributed by atoms with E-state index in [9.17, 15) is 14.4 Å². The lowest BCUT2D eigenvalue weighted by Crippen LogP contribution is -2.70. The Balaban J connectivity index is 1.00. The molecule has 0 radical (unpaired) electrons. The minimum absolute atomic E-state index is 0.148. The van der Waals surface area contributed by atoms with Crippen molar-refractivity contribution in [1.29, 1.82) is 0 Å². The molecule has 0 aliphatic carbocycles. The van der Waals surface area contributed by atoms with Crippen LogP contribution in [0.5, 0.6) is 0 Å². The molecule has 1 aromatic heterocycles. The van der Waals surface area contributed by atoms with E-state index in [4.69, 9.17) is 9.95 Å². The van der Waals surface area contributed by atoms with Crippen molar-refractivity contribution >= 4 is 53.1 Å². The topological polar surface area (TPSA) is 106 Å². The van der Waals surface area contributed by atoms with Gasteiger partial charge >= 0.3 is 5.97 Å². The lowest BCUT2D eigenvalue weighted by molar-refractivity contribution is -0.154. The maximum atomic E-state index is 14.6. The van der Waals surface area contributed by atoms with Crippen LogP contribution in [-0.2, 0) is 31.1 Å². The average molecular weight is 872 g/mol. The van der Waals surface area contributed by atoms with E-state index in [2.05, 4.69) is 46.8 Å². The highest BCUT2D eigenvalue weighted by Gasteiger charge is 2.55. The number of amides is 2. The van der Waals surface area contributed by atoms with Gasteiger partial charge in [-0.3, -0.25) is 14.5 Å². The van der Waals surface area contributed by atoms with Gasteiger partial charge in [-0.15, -0.1) is 28.6 Å². The minimum atomic E-state index is -0.809. The third-order valence-electron chi connectivity index (χ3n) is 10.9. The first kappa shape index (κ1) is 41.0. The van der Waals surface area contributed by atoms with Crippen LogP contribution in [0.2, 0.25) is 0 Å². The summed E-state index contributed by atoms with van der Waals surface area (Å²) in [6.45, 7) is 0. The molecule has 0 bridgehead atoms. The maximum absolute atomic E-state index is 14.6. The van der Waals surface area contributed by atoms with Gasteiger partial charge in [-0.05, 0) is 33.4 Å². The molecule has 9 nitrogen and oxygen atoms in total. The molecule has 2 amide bonds. The first-order chi connectivity index (χ1) is 30.5. The number of thioether (sulfide) groups is 3. The second-order valence-electron chi connectivity index (χ2n) is 14.7. The molecule has 2 atom stereocenters. The monoisotopic (exact) mass is 871 g/mol. The molecule has 7 aromatic rings. The number of β-lactam (4-membered cyclic amide) rings is 1. The number of hydrogen-bond acceptors (Lipinski definition) is 9.